The number of rotatable bonds is 1. The predicted octanol–water partition coefficient (Wildman–Crippen LogP) is 2.89. The molecule has 0 amide bonds. The molecule has 0 fully saturated rings. The Balaban J connectivity index is 2.67. The molecule has 2 aromatic rings. The summed E-state index contributed by atoms with van der Waals surface area (Å²) in [6.45, 7) is 0. The van der Waals surface area contributed by atoms with Crippen molar-refractivity contribution in [2.24, 2.45) is 0 Å². The number of halogens is 1. The van der Waals surface area contributed by atoms with Crippen LogP contribution in [-0.4, -0.2) is 11.1 Å². The van der Waals surface area contributed by atoms with Crippen molar-refractivity contribution in [3.8, 4) is 0 Å². The van der Waals surface area contributed by atoms with Gasteiger partial charge in [0.15, 0.2) is 4.67 Å². The zero-order valence-electron chi connectivity index (χ0n) is 6.45. The van der Waals surface area contributed by atoms with Gasteiger partial charge in [0, 0.05) is 5.39 Å². The molecule has 0 atom stereocenters. The molecule has 0 aliphatic rings. The first-order chi connectivity index (χ1) is 6.16. The van der Waals surface area contributed by atoms with E-state index in [1.807, 2.05) is 0 Å². The first kappa shape index (κ1) is 8.31. The number of carboxylic acid groups (broad SMARTS) is 1. The van der Waals surface area contributed by atoms with Gasteiger partial charge < -0.3 is 9.52 Å². The van der Waals surface area contributed by atoms with Crippen molar-refractivity contribution >= 4 is 32.9 Å². The van der Waals surface area contributed by atoms with Gasteiger partial charge in [0.25, 0.3) is 0 Å². The van der Waals surface area contributed by atoms with Crippen LogP contribution in [0.25, 0.3) is 11.0 Å². The van der Waals surface area contributed by atoms with E-state index >= 15 is 0 Å². The fourth-order valence-corrected chi connectivity index (χ4v) is 1.55. The molecule has 0 bridgehead atoms. The lowest BCUT2D eigenvalue weighted by Gasteiger charge is -1.92. The molecule has 13 heavy (non-hydrogen) atoms. The summed E-state index contributed by atoms with van der Waals surface area (Å²) in [4.78, 5) is 10.6. The smallest absolute Gasteiger partial charge is 0.335 e. The van der Waals surface area contributed by atoms with Crippen LogP contribution in [0.3, 0.4) is 0 Å². The first-order valence-corrected chi connectivity index (χ1v) is 4.38. The lowest BCUT2D eigenvalue weighted by atomic mass is 10.2. The van der Waals surface area contributed by atoms with E-state index in [-0.39, 0.29) is 5.56 Å². The third kappa shape index (κ3) is 1.45. The summed E-state index contributed by atoms with van der Waals surface area (Å²) in [6, 6.07) is 6.56. The van der Waals surface area contributed by atoms with Crippen LogP contribution in [0.4, 0.5) is 0 Å². The van der Waals surface area contributed by atoms with Crippen molar-refractivity contribution < 1.29 is 14.3 Å². The molecule has 0 saturated heterocycles. The van der Waals surface area contributed by atoms with Crippen LogP contribution in [0.5, 0.6) is 0 Å². The van der Waals surface area contributed by atoms with Crippen LogP contribution in [0.15, 0.2) is 33.4 Å². The second-order valence-corrected chi connectivity index (χ2v) is 3.39. The van der Waals surface area contributed by atoms with Crippen LogP contribution in [0, 0.1) is 0 Å². The molecule has 3 nitrogen and oxygen atoms in total. The van der Waals surface area contributed by atoms with E-state index in [9.17, 15) is 4.79 Å². The van der Waals surface area contributed by atoms with Crippen molar-refractivity contribution in [1.82, 2.24) is 0 Å². The Kier molecular flexibility index (Phi) is 1.84. The minimum Gasteiger partial charge on any atom is -0.478 e. The van der Waals surface area contributed by atoms with E-state index in [1.54, 1.807) is 18.2 Å². The van der Waals surface area contributed by atoms with Gasteiger partial charge in [-0.25, -0.2) is 4.79 Å². The molecule has 1 aromatic carbocycles. The second-order valence-electron chi connectivity index (χ2n) is 2.61. The molecule has 0 aliphatic heterocycles. The quantitative estimate of drug-likeness (QED) is 0.834. The summed E-state index contributed by atoms with van der Waals surface area (Å²) in [7, 11) is 0. The molecular weight excluding hydrogens is 236 g/mol. The van der Waals surface area contributed by atoms with E-state index in [0.717, 1.165) is 5.39 Å². The first-order valence-electron chi connectivity index (χ1n) is 3.59. The Bertz CT molecular complexity index is 473. The van der Waals surface area contributed by atoms with Crippen LogP contribution in [0.1, 0.15) is 10.4 Å². The molecule has 0 aliphatic carbocycles. The Hall–Kier alpha value is -1.29. The summed E-state index contributed by atoms with van der Waals surface area (Å²) >= 11 is 3.17. The Morgan fingerprint density at radius 3 is 2.85 bits per heavy atom. The van der Waals surface area contributed by atoms with Gasteiger partial charge in [-0.2, -0.15) is 0 Å². The molecule has 1 aromatic heterocycles. The monoisotopic (exact) mass is 240 g/mol. The van der Waals surface area contributed by atoms with Crippen molar-refractivity contribution in [3.05, 3.63) is 34.5 Å². The van der Waals surface area contributed by atoms with Gasteiger partial charge in [0.2, 0.25) is 0 Å². The zero-order chi connectivity index (χ0) is 9.42. The number of furan rings is 1. The van der Waals surface area contributed by atoms with Gasteiger partial charge >= 0.3 is 5.97 Å². The highest BCUT2D eigenvalue weighted by molar-refractivity contribution is 9.10. The standard InChI is InChI=1S/C9H5BrO3/c10-8-4-5-1-2-6(9(11)12)3-7(5)13-8/h1-4H,(H,11,12). The number of hydrogen-bond acceptors (Lipinski definition) is 2. The van der Waals surface area contributed by atoms with E-state index in [1.165, 1.54) is 6.07 Å². The Morgan fingerprint density at radius 2 is 2.15 bits per heavy atom. The average Bonchev–Trinajstić information content (AvgIpc) is 2.42. The molecule has 66 valence electrons. The molecular formula is C9H5BrO3. The van der Waals surface area contributed by atoms with Crippen LogP contribution < -0.4 is 0 Å². The second kappa shape index (κ2) is 2.88. The van der Waals surface area contributed by atoms with Gasteiger partial charge in [0.05, 0.1) is 5.56 Å². The molecule has 0 saturated carbocycles. The highest BCUT2D eigenvalue weighted by Crippen LogP contribution is 2.24. The number of carbonyl (C=O) groups is 1. The van der Waals surface area contributed by atoms with Crippen LogP contribution in [-0.2, 0) is 0 Å². The van der Waals surface area contributed by atoms with Crippen LogP contribution >= 0.6 is 15.9 Å². The van der Waals surface area contributed by atoms with Gasteiger partial charge in [-0.3, -0.25) is 0 Å². The summed E-state index contributed by atoms with van der Waals surface area (Å²) in [5.41, 5.74) is 0.807. The van der Waals surface area contributed by atoms with E-state index in [4.69, 9.17) is 9.52 Å². The summed E-state index contributed by atoms with van der Waals surface area (Å²) in [5, 5.41) is 9.58. The molecule has 2 rings (SSSR count). The Labute approximate surface area is 82.1 Å². The number of carboxylic acids is 1. The maximum Gasteiger partial charge on any atom is 0.335 e. The summed E-state index contributed by atoms with van der Waals surface area (Å²) in [6.07, 6.45) is 0. The van der Waals surface area contributed by atoms with Crippen molar-refractivity contribution in [3.63, 3.8) is 0 Å². The fourth-order valence-electron chi connectivity index (χ4n) is 1.13. The largest absolute Gasteiger partial charge is 0.478 e. The minimum atomic E-state index is -0.950. The van der Waals surface area contributed by atoms with Crippen LogP contribution in [0.2, 0.25) is 0 Å². The van der Waals surface area contributed by atoms with E-state index in [2.05, 4.69) is 15.9 Å². The summed E-state index contributed by atoms with van der Waals surface area (Å²) < 4.78 is 5.81. The third-order valence-electron chi connectivity index (χ3n) is 1.74. The maximum atomic E-state index is 10.6. The van der Waals surface area contributed by atoms with Crippen molar-refractivity contribution in [2.45, 2.75) is 0 Å². The maximum absolute atomic E-state index is 10.6. The highest BCUT2D eigenvalue weighted by atomic mass is 79.9. The highest BCUT2D eigenvalue weighted by Gasteiger charge is 2.06. The average molecular weight is 241 g/mol. The third-order valence-corrected chi connectivity index (χ3v) is 2.13. The number of benzene rings is 1. The van der Waals surface area contributed by atoms with Gasteiger partial charge in [-0.15, -0.1) is 0 Å². The lowest BCUT2D eigenvalue weighted by Crippen LogP contribution is -1.94. The van der Waals surface area contributed by atoms with Crippen molar-refractivity contribution in [2.75, 3.05) is 0 Å². The van der Waals surface area contributed by atoms with Gasteiger partial charge in [-0.05, 0) is 34.1 Å². The normalized spacial score (nSPS) is 10.5. The number of hydrogen-bond donors (Lipinski definition) is 1. The molecule has 0 spiro atoms. The van der Waals surface area contributed by atoms with Gasteiger partial charge in [-0.1, -0.05) is 6.07 Å². The molecule has 1 heterocycles. The van der Waals surface area contributed by atoms with Gasteiger partial charge in [0.1, 0.15) is 5.58 Å². The van der Waals surface area contributed by atoms with E-state index < -0.39 is 5.97 Å². The minimum absolute atomic E-state index is 0.231. The zero-order valence-corrected chi connectivity index (χ0v) is 8.04. The Morgan fingerprint density at radius 1 is 1.38 bits per heavy atom. The summed E-state index contributed by atoms with van der Waals surface area (Å²) in [5.74, 6) is -0.950. The predicted molar refractivity (Wildman–Crippen MR) is 50.9 cm³/mol. The molecule has 1 N–H and O–H groups in total. The molecule has 0 radical (unpaired) electrons. The number of fused-ring (bicyclic) bond motifs is 1. The molecule has 4 heteroatoms. The topological polar surface area (TPSA) is 50.4 Å². The SMILES string of the molecule is O=C(O)c1ccc2cc(Br)oc2c1. The number of aromatic carboxylic acids is 1. The van der Waals surface area contributed by atoms with Crippen molar-refractivity contribution in [1.29, 1.82) is 0 Å². The molecule has 0 unspecified atom stereocenters. The lowest BCUT2D eigenvalue weighted by molar-refractivity contribution is 0.0697. The van der Waals surface area contributed by atoms with E-state index in [0.29, 0.717) is 10.3 Å². The fraction of sp³-hybridized carbons (Fsp3) is 0.